The molecule has 0 amide bonds. The number of aliphatic hydroxyl groups is 2. The van der Waals surface area contributed by atoms with Crippen LogP contribution < -0.4 is 5.32 Å². The van der Waals surface area contributed by atoms with E-state index in [2.05, 4.69) is 39.3 Å². The van der Waals surface area contributed by atoms with Crippen LogP contribution in [0.2, 0.25) is 0 Å². The highest BCUT2D eigenvalue weighted by Gasteiger charge is 2.38. The number of hydrogen-bond acceptors (Lipinski definition) is 7. The van der Waals surface area contributed by atoms with Crippen LogP contribution in [0.15, 0.2) is 12.4 Å². The normalized spacial score (nSPS) is 29.1. The molecule has 8 heteroatoms. The minimum Gasteiger partial charge on any atom is -0.388 e. The Labute approximate surface area is 127 Å². The molecule has 1 aliphatic heterocycles. The Hall–Kier alpha value is -1.77. The van der Waals surface area contributed by atoms with Crippen LogP contribution in [0.1, 0.15) is 20.3 Å². The van der Waals surface area contributed by atoms with Crippen molar-refractivity contribution in [3.8, 4) is 0 Å². The zero-order valence-corrected chi connectivity index (χ0v) is 12.6. The summed E-state index contributed by atoms with van der Waals surface area (Å²) in [6, 6.07) is -0.459. The Kier molecular flexibility index (Phi) is 4.23. The predicted octanol–water partition coefficient (Wildman–Crippen LogP) is 0.300. The highest BCUT2D eigenvalue weighted by molar-refractivity contribution is 5.73. The molecule has 22 heavy (non-hydrogen) atoms. The fourth-order valence-corrected chi connectivity index (χ4v) is 2.66. The van der Waals surface area contributed by atoms with Gasteiger partial charge in [-0.2, -0.15) is 10.1 Å². The molecule has 0 radical (unpaired) electrons. The monoisotopic (exact) mass is 307 g/mol. The van der Waals surface area contributed by atoms with Gasteiger partial charge in [-0.05, 0) is 12.3 Å². The number of fused-ring (bicyclic) bond motifs is 1. The lowest BCUT2D eigenvalue weighted by Crippen LogP contribution is -2.56. The van der Waals surface area contributed by atoms with E-state index < -0.39 is 18.2 Å². The third-order valence-corrected chi connectivity index (χ3v) is 3.84. The smallest absolute Gasteiger partial charge is 0.225 e. The molecule has 1 fully saturated rings. The number of ether oxygens (including phenoxy) is 1. The summed E-state index contributed by atoms with van der Waals surface area (Å²) in [6.07, 6.45) is 1.79. The molecule has 120 valence electrons. The molecule has 0 aliphatic carbocycles. The average Bonchev–Trinajstić information content (AvgIpc) is 2.94. The minimum absolute atomic E-state index is 0.292. The van der Waals surface area contributed by atoms with E-state index in [0.29, 0.717) is 30.5 Å². The van der Waals surface area contributed by atoms with Crippen molar-refractivity contribution in [1.82, 2.24) is 20.2 Å². The highest BCUT2D eigenvalue weighted by Crippen LogP contribution is 2.23. The number of H-pyrrole nitrogens is 1. The van der Waals surface area contributed by atoms with Crippen LogP contribution in [0.3, 0.4) is 0 Å². The molecule has 0 spiro atoms. The Morgan fingerprint density at radius 3 is 2.95 bits per heavy atom. The second-order valence-corrected chi connectivity index (χ2v) is 6.10. The summed E-state index contributed by atoms with van der Waals surface area (Å²) < 4.78 is 5.68. The van der Waals surface area contributed by atoms with Gasteiger partial charge in [0.2, 0.25) is 5.95 Å². The van der Waals surface area contributed by atoms with E-state index in [0.717, 1.165) is 5.39 Å². The average molecular weight is 307 g/mol. The molecule has 4 atom stereocenters. The summed E-state index contributed by atoms with van der Waals surface area (Å²) in [5.41, 5.74) is 0.613. The predicted molar refractivity (Wildman–Crippen MR) is 80.3 cm³/mol. The molecule has 2 aromatic rings. The molecule has 3 rings (SSSR count). The summed E-state index contributed by atoms with van der Waals surface area (Å²) in [7, 11) is 0. The number of aliphatic hydroxyl groups excluding tert-OH is 2. The zero-order valence-electron chi connectivity index (χ0n) is 12.6. The fourth-order valence-electron chi connectivity index (χ4n) is 2.66. The van der Waals surface area contributed by atoms with Crippen molar-refractivity contribution in [2.75, 3.05) is 11.9 Å². The van der Waals surface area contributed by atoms with Crippen molar-refractivity contribution in [3.05, 3.63) is 12.4 Å². The first-order valence-corrected chi connectivity index (χ1v) is 7.45. The van der Waals surface area contributed by atoms with Crippen LogP contribution in [0.25, 0.3) is 11.0 Å². The maximum absolute atomic E-state index is 10.3. The SMILES string of the molecule is CC(C)C[C@H]1OC[C@H](Nc2ncc3cn[nH]c3n2)[C@@H](O)[C@H]1O. The first-order valence-electron chi connectivity index (χ1n) is 7.45. The van der Waals surface area contributed by atoms with E-state index in [1.807, 2.05) is 0 Å². The van der Waals surface area contributed by atoms with Gasteiger partial charge in [0.05, 0.1) is 30.3 Å². The van der Waals surface area contributed by atoms with Crippen molar-refractivity contribution in [3.63, 3.8) is 0 Å². The number of rotatable bonds is 4. The van der Waals surface area contributed by atoms with Crippen LogP contribution in [-0.2, 0) is 4.74 Å². The topological polar surface area (TPSA) is 116 Å². The molecule has 0 aromatic carbocycles. The van der Waals surface area contributed by atoms with Crippen LogP contribution in [0.4, 0.5) is 5.95 Å². The van der Waals surface area contributed by atoms with Crippen molar-refractivity contribution in [2.24, 2.45) is 5.92 Å². The molecule has 3 heterocycles. The Morgan fingerprint density at radius 1 is 1.36 bits per heavy atom. The zero-order chi connectivity index (χ0) is 15.7. The van der Waals surface area contributed by atoms with Crippen molar-refractivity contribution >= 4 is 17.0 Å². The molecule has 8 nitrogen and oxygen atoms in total. The molecule has 0 saturated carbocycles. The van der Waals surface area contributed by atoms with E-state index in [9.17, 15) is 10.2 Å². The Bertz CT molecular complexity index is 632. The van der Waals surface area contributed by atoms with E-state index in [1.54, 1.807) is 12.4 Å². The maximum Gasteiger partial charge on any atom is 0.225 e. The van der Waals surface area contributed by atoms with Gasteiger partial charge in [0.25, 0.3) is 0 Å². The number of nitrogens with one attached hydrogen (secondary N) is 2. The quantitative estimate of drug-likeness (QED) is 0.642. The van der Waals surface area contributed by atoms with Crippen LogP contribution in [0.5, 0.6) is 0 Å². The second kappa shape index (κ2) is 6.15. The summed E-state index contributed by atoms with van der Waals surface area (Å²) >= 11 is 0. The van der Waals surface area contributed by atoms with E-state index >= 15 is 0 Å². The summed E-state index contributed by atoms with van der Waals surface area (Å²) in [5.74, 6) is 0.751. The summed E-state index contributed by atoms with van der Waals surface area (Å²) in [4.78, 5) is 8.44. The van der Waals surface area contributed by atoms with Gasteiger partial charge >= 0.3 is 0 Å². The number of aromatic nitrogens is 4. The number of aromatic amines is 1. The standard InChI is InChI=1S/C14H21N5O3/c1-7(2)3-10-12(21)11(20)9(6-22-10)17-14-15-4-8-5-16-19-13(8)18-14/h4-5,7,9-12,20-21H,3,6H2,1-2H3,(H2,15,16,17,18,19)/t9-,10+,11+,12-/m0/s1. The van der Waals surface area contributed by atoms with Gasteiger partial charge < -0.3 is 20.3 Å². The van der Waals surface area contributed by atoms with Crippen LogP contribution in [0, 0.1) is 5.92 Å². The molecule has 0 unspecified atom stereocenters. The van der Waals surface area contributed by atoms with E-state index in [-0.39, 0.29) is 6.10 Å². The fraction of sp³-hybridized carbons (Fsp3) is 0.643. The first kappa shape index (κ1) is 15.1. The maximum atomic E-state index is 10.3. The van der Waals surface area contributed by atoms with Gasteiger partial charge in [-0.15, -0.1) is 0 Å². The lowest BCUT2D eigenvalue weighted by molar-refractivity contribution is -0.145. The van der Waals surface area contributed by atoms with E-state index in [4.69, 9.17) is 4.74 Å². The largest absolute Gasteiger partial charge is 0.388 e. The molecule has 0 bridgehead atoms. The molecular weight excluding hydrogens is 286 g/mol. The van der Waals surface area contributed by atoms with Gasteiger partial charge in [-0.1, -0.05) is 13.8 Å². The third kappa shape index (κ3) is 3.03. The van der Waals surface area contributed by atoms with E-state index in [1.165, 1.54) is 0 Å². The number of nitrogens with zero attached hydrogens (tertiary/aromatic N) is 3. The van der Waals surface area contributed by atoms with Crippen molar-refractivity contribution in [2.45, 2.75) is 44.6 Å². The molecule has 1 aliphatic rings. The molecule has 4 N–H and O–H groups in total. The van der Waals surface area contributed by atoms with Gasteiger partial charge in [0.1, 0.15) is 12.2 Å². The number of hydrogen-bond donors (Lipinski definition) is 4. The summed E-state index contributed by atoms with van der Waals surface area (Å²) in [6.45, 7) is 4.40. The Morgan fingerprint density at radius 2 is 2.18 bits per heavy atom. The first-order chi connectivity index (χ1) is 10.5. The molecule has 1 saturated heterocycles. The Balaban J connectivity index is 1.68. The third-order valence-electron chi connectivity index (χ3n) is 3.84. The minimum atomic E-state index is -0.932. The lowest BCUT2D eigenvalue weighted by Gasteiger charge is -2.38. The lowest BCUT2D eigenvalue weighted by atomic mass is 9.92. The van der Waals surface area contributed by atoms with Gasteiger partial charge in [-0.25, -0.2) is 4.98 Å². The van der Waals surface area contributed by atoms with Gasteiger partial charge in [0, 0.05) is 6.20 Å². The van der Waals surface area contributed by atoms with Gasteiger partial charge in [-0.3, -0.25) is 5.10 Å². The number of anilines is 1. The molecular formula is C14H21N5O3. The van der Waals surface area contributed by atoms with Gasteiger partial charge in [0.15, 0.2) is 5.65 Å². The highest BCUT2D eigenvalue weighted by atomic mass is 16.5. The summed E-state index contributed by atoms with van der Waals surface area (Å²) in [5, 5.41) is 31.0. The van der Waals surface area contributed by atoms with Crippen LogP contribution >= 0.6 is 0 Å². The second-order valence-electron chi connectivity index (χ2n) is 6.10. The van der Waals surface area contributed by atoms with Crippen LogP contribution in [-0.4, -0.2) is 61.3 Å². The molecule has 2 aromatic heterocycles. The van der Waals surface area contributed by atoms with Crippen molar-refractivity contribution < 1.29 is 14.9 Å². The van der Waals surface area contributed by atoms with Crippen molar-refractivity contribution in [1.29, 1.82) is 0 Å².